The molecule has 30 heavy (non-hydrogen) atoms. The summed E-state index contributed by atoms with van der Waals surface area (Å²) in [7, 11) is 0. The van der Waals surface area contributed by atoms with Gasteiger partial charge in [-0.2, -0.15) is 10.1 Å². The number of halogens is 2. The number of rotatable bonds is 3. The molecule has 3 aromatic heterocycles. The van der Waals surface area contributed by atoms with Gasteiger partial charge in [-0.15, -0.1) is 0 Å². The minimum absolute atomic E-state index is 0.0898. The molecule has 1 fully saturated rings. The Morgan fingerprint density at radius 3 is 2.97 bits per heavy atom. The molecular weight excluding hydrogens is 392 g/mol. The molecule has 1 aliphatic rings. The third-order valence-electron chi connectivity index (χ3n) is 5.85. The van der Waals surface area contributed by atoms with Crippen LogP contribution < -0.4 is 0 Å². The number of fused-ring (bicyclic) bond motifs is 2. The van der Waals surface area contributed by atoms with Gasteiger partial charge in [-0.1, -0.05) is 6.92 Å². The molecule has 7 nitrogen and oxygen atoms in total. The monoisotopic (exact) mass is 411 g/mol. The van der Waals surface area contributed by atoms with Gasteiger partial charge in [0, 0.05) is 30.0 Å². The normalized spacial score (nSPS) is 19.8. The fourth-order valence-electron chi connectivity index (χ4n) is 4.15. The van der Waals surface area contributed by atoms with E-state index in [-0.39, 0.29) is 29.2 Å². The first-order valence-electron chi connectivity index (χ1n) is 9.76. The van der Waals surface area contributed by atoms with Gasteiger partial charge < -0.3 is 9.32 Å². The summed E-state index contributed by atoms with van der Waals surface area (Å²) in [6, 6.07) is 8.54. The largest absolute Gasteiger partial charge is 0.464 e. The minimum atomic E-state index is -2.70. The standard InChI is InChI=1S/C21H19F2N5O2/c1-12-4-6-27(20(29)14-2-3-18-13(8-14)5-7-30-18)10-15(12)17-9-16(19(22)23)26-21-24-11-25-28(17)21/h2-3,5,7-9,11-12,15,19H,4,6,10H2,1H3/t12-,15-/m1/s1. The topological polar surface area (TPSA) is 76.5 Å². The van der Waals surface area contributed by atoms with E-state index in [4.69, 9.17) is 4.42 Å². The molecule has 4 aromatic rings. The zero-order valence-corrected chi connectivity index (χ0v) is 16.2. The van der Waals surface area contributed by atoms with Crippen LogP contribution in [0.25, 0.3) is 16.7 Å². The van der Waals surface area contributed by atoms with Gasteiger partial charge in [0.05, 0.1) is 12.0 Å². The van der Waals surface area contributed by atoms with Gasteiger partial charge in [-0.05, 0) is 42.7 Å². The quantitative estimate of drug-likeness (QED) is 0.508. The average molecular weight is 411 g/mol. The fraction of sp³-hybridized carbons (Fsp3) is 0.333. The van der Waals surface area contributed by atoms with Crippen LogP contribution in [0.4, 0.5) is 8.78 Å². The number of amides is 1. The zero-order valence-electron chi connectivity index (χ0n) is 16.2. The predicted octanol–water partition coefficient (Wildman–Crippen LogP) is 4.07. The van der Waals surface area contributed by atoms with Gasteiger partial charge in [0.15, 0.2) is 0 Å². The van der Waals surface area contributed by atoms with Crippen molar-refractivity contribution in [2.24, 2.45) is 5.92 Å². The van der Waals surface area contributed by atoms with Crippen LogP contribution in [0.1, 0.15) is 47.4 Å². The highest BCUT2D eigenvalue weighted by Gasteiger charge is 2.33. The van der Waals surface area contributed by atoms with Gasteiger partial charge >= 0.3 is 0 Å². The Hall–Kier alpha value is -3.36. The lowest BCUT2D eigenvalue weighted by Crippen LogP contribution is -2.42. The molecule has 2 atom stereocenters. The summed E-state index contributed by atoms with van der Waals surface area (Å²) in [6.45, 7) is 3.08. The van der Waals surface area contributed by atoms with Crippen LogP contribution in [0.2, 0.25) is 0 Å². The first kappa shape index (κ1) is 18.7. The van der Waals surface area contributed by atoms with Crippen molar-refractivity contribution < 1.29 is 18.0 Å². The van der Waals surface area contributed by atoms with E-state index in [0.29, 0.717) is 24.3 Å². The highest BCUT2D eigenvalue weighted by molar-refractivity contribution is 5.97. The number of nitrogens with zero attached hydrogens (tertiary/aromatic N) is 5. The molecule has 0 unspecified atom stereocenters. The summed E-state index contributed by atoms with van der Waals surface area (Å²) in [6.07, 6.45) is 0.943. The summed E-state index contributed by atoms with van der Waals surface area (Å²) in [4.78, 5) is 22.8. The zero-order chi connectivity index (χ0) is 20.8. The van der Waals surface area contributed by atoms with Crippen molar-refractivity contribution in [3.8, 4) is 0 Å². The second-order valence-corrected chi connectivity index (χ2v) is 7.68. The fourth-order valence-corrected chi connectivity index (χ4v) is 4.15. The van der Waals surface area contributed by atoms with Crippen molar-refractivity contribution in [2.45, 2.75) is 25.7 Å². The Bertz CT molecular complexity index is 1230. The molecule has 154 valence electrons. The second kappa shape index (κ2) is 7.16. The Kier molecular flexibility index (Phi) is 4.45. The number of hydrogen-bond acceptors (Lipinski definition) is 5. The Morgan fingerprint density at radius 2 is 2.13 bits per heavy atom. The van der Waals surface area contributed by atoms with Gasteiger partial charge in [0.25, 0.3) is 18.1 Å². The van der Waals surface area contributed by atoms with E-state index in [1.54, 1.807) is 23.3 Å². The summed E-state index contributed by atoms with van der Waals surface area (Å²) in [5.41, 5.74) is 1.57. The molecule has 0 radical (unpaired) electrons. The van der Waals surface area contributed by atoms with E-state index in [0.717, 1.165) is 17.4 Å². The lowest BCUT2D eigenvalue weighted by atomic mass is 9.84. The van der Waals surface area contributed by atoms with Crippen LogP contribution in [0.5, 0.6) is 0 Å². The lowest BCUT2D eigenvalue weighted by molar-refractivity contribution is 0.0665. The van der Waals surface area contributed by atoms with E-state index in [1.165, 1.54) is 16.9 Å². The molecule has 0 spiro atoms. The van der Waals surface area contributed by atoms with Crippen molar-refractivity contribution in [3.63, 3.8) is 0 Å². The molecular formula is C21H19F2N5O2. The van der Waals surface area contributed by atoms with Crippen molar-refractivity contribution in [2.75, 3.05) is 13.1 Å². The summed E-state index contributed by atoms with van der Waals surface area (Å²) in [5, 5.41) is 5.03. The SMILES string of the molecule is C[C@@H]1CCN(C(=O)c2ccc3occc3c2)C[C@H]1c1cc(C(F)F)nc2ncnn12. The van der Waals surface area contributed by atoms with Gasteiger partial charge in [-0.3, -0.25) is 4.79 Å². The van der Waals surface area contributed by atoms with Crippen molar-refractivity contribution >= 4 is 22.7 Å². The molecule has 1 amide bonds. The molecule has 1 saturated heterocycles. The van der Waals surface area contributed by atoms with E-state index < -0.39 is 6.43 Å². The van der Waals surface area contributed by atoms with Crippen molar-refractivity contribution in [1.82, 2.24) is 24.5 Å². The molecule has 9 heteroatoms. The maximum Gasteiger partial charge on any atom is 0.280 e. The molecule has 1 aliphatic heterocycles. The van der Waals surface area contributed by atoms with Crippen LogP contribution in [0, 0.1) is 5.92 Å². The van der Waals surface area contributed by atoms with Crippen molar-refractivity contribution in [1.29, 1.82) is 0 Å². The third kappa shape index (κ3) is 3.10. The molecule has 4 heterocycles. The van der Waals surface area contributed by atoms with Crippen LogP contribution in [-0.2, 0) is 0 Å². The van der Waals surface area contributed by atoms with Crippen molar-refractivity contribution in [3.05, 3.63) is 59.9 Å². The molecule has 0 saturated carbocycles. The van der Waals surface area contributed by atoms with Gasteiger partial charge in [0.2, 0.25) is 0 Å². The first-order chi connectivity index (χ1) is 14.5. The van der Waals surface area contributed by atoms with E-state index >= 15 is 0 Å². The van der Waals surface area contributed by atoms with Crippen LogP contribution in [0.3, 0.4) is 0 Å². The van der Waals surface area contributed by atoms with E-state index in [1.807, 2.05) is 12.1 Å². The maximum atomic E-state index is 13.4. The second-order valence-electron chi connectivity index (χ2n) is 7.68. The minimum Gasteiger partial charge on any atom is -0.464 e. The highest BCUT2D eigenvalue weighted by Crippen LogP contribution is 2.34. The lowest BCUT2D eigenvalue weighted by Gasteiger charge is -2.37. The molecule has 0 N–H and O–H groups in total. The van der Waals surface area contributed by atoms with Crippen LogP contribution in [0.15, 0.2) is 47.3 Å². The summed E-state index contributed by atoms with van der Waals surface area (Å²) in [5.74, 6) is 0.0765. The van der Waals surface area contributed by atoms with E-state index in [2.05, 4.69) is 22.0 Å². The number of piperidine rings is 1. The predicted molar refractivity (Wildman–Crippen MR) is 104 cm³/mol. The Labute approximate surface area is 170 Å². The number of aromatic nitrogens is 4. The first-order valence-corrected chi connectivity index (χ1v) is 9.76. The van der Waals surface area contributed by atoms with Gasteiger partial charge in [-0.25, -0.2) is 18.3 Å². The average Bonchev–Trinajstić information content (AvgIpc) is 3.41. The Morgan fingerprint density at radius 1 is 1.27 bits per heavy atom. The summed E-state index contributed by atoms with van der Waals surface area (Å²) < 4.78 is 33.6. The van der Waals surface area contributed by atoms with E-state index in [9.17, 15) is 13.6 Å². The molecule has 0 aliphatic carbocycles. The summed E-state index contributed by atoms with van der Waals surface area (Å²) >= 11 is 0. The van der Waals surface area contributed by atoms with Gasteiger partial charge in [0.1, 0.15) is 17.6 Å². The highest BCUT2D eigenvalue weighted by atomic mass is 19.3. The number of carbonyl (C=O) groups excluding carboxylic acids is 1. The number of carbonyl (C=O) groups is 1. The van der Waals surface area contributed by atoms with Crippen LogP contribution in [-0.4, -0.2) is 43.5 Å². The number of benzene rings is 1. The smallest absolute Gasteiger partial charge is 0.280 e. The molecule has 0 bridgehead atoms. The molecule has 5 rings (SSSR count). The maximum absolute atomic E-state index is 13.4. The number of furan rings is 1. The van der Waals surface area contributed by atoms with Crippen LogP contribution >= 0.6 is 0 Å². The number of alkyl halides is 2. The number of hydrogen-bond donors (Lipinski definition) is 0. The Balaban J connectivity index is 1.48. The number of likely N-dealkylation sites (tertiary alicyclic amines) is 1. The molecule has 1 aromatic carbocycles. The third-order valence-corrected chi connectivity index (χ3v) is 5.85.